The molecular formula is C12H17NO4S. The topological polar surface area (TPSA) is 72.5 Å². The molecular weight excluding hydrogens is 254 g/mol. The van der Waals surface area contributed by atoms with E-state index < -0.39 is 16.0 Å². The number of hydrogen-bond donors (Lipinski definition) is 1. The van der Waals surface area contributed by atoms with E-state index >= 15 is 0 Å². The minimum atomic E-state index is -3.58. The van der Waals surface area contributed by atoms with E-state index in [4.69, 9.17) is 0 Å². The minimum absolute atomic E-state index is 0.110. The van der Waals surface area contributed by atoms with Crippen LogP contribution in [0.2, 0.25) is 0 Å². The summed E-state index contributed by atoms with van der Waals surface area (Å²) in [6.07, 6.45) is 0.703. The average molecular weight is 271 g/mol. The number of ether oxygens (including phenoxy) is 1. The van der Waals surface area contributed by atoms with Crippen molar-refractivity contribution in [1.29, 1.82) is 0 Å². The lowest BCUT2D eigenvalue weighted by atomic mass is 10.1. The van der Waals surface area contributed by atoms with E-state index in [2.05, 4.69) is 9.46 Å². The van der Waals surface area contributed by atoms with Crippen LogP contribution in [0.5, 0.6) is 0 Å². The Morgan fingerprint density at radius 3 is 2.61 bits per heavy atom. The first-order chi connectivity index (χ1) is 8.42. The number of hydrogen-bond acceptors (Lipinski definition) is 4. The molecule has 0 heterocycles. The van der Waals surface area contributed by atoms with Gasteiger partial charge in [-0.25, -0.2) is 17.9 Å². The van der Waals surface area contributed by atoms with Gasteiger partial charge in [0.25, 0.3) is 0 Å². The van der Waals surface area contributed by atoms with Gasteiger partial charge in [-0.05, 0) is 31.0 Å². The molecule has 0 atom stereocenters. The summed E-state index contributed by atoms with van der Waals surface area (Å²) in [5, 5.41) is 0. The van der Waals surface area contributed by atoms with E-state index in [-0.39, 0.29) is 10.5 Å². The van der Waals surface area contributed by atoms with Gasteiger partial charge >= 0.3 is 5.97 Å². The third-order valence-corrected chi connectivity index (χ3v) is 4.04. The van der Waals surface area contributed by atoms with Gasteiger partial charge in [-0.3, -0.25) is 0 Å². The van der Waals surface area contributed by atoms with Gasteiger partial charge < -0.3 is 4.74 Å². The van der Waals surface area contributed by atoms with Crippen LogP contribution in [0, 0.1) is 6.92 Å². The van der Waals surface area contributed by atoms with E-state index in [1.54, 1.807) is 19.1 Å². The smallest absolute Gasteiger partial charge is 0.337 e. The summed E-state index contributed by atoms with van der Waals surface area (Å²) in [4.78, 5) is 11.5. The molecule has 18 heavy (non-hydrogen) atoms. The van der Waals surface area contributed by atoms with Crippen molar-refractivity contribution < 1.29 is 17.9 Å². The molecule has 1 rings (SSSR count). The number of methoxy groups -OCH3 is 1. The summed E-state index contributed by atoms with van der Waals surface area (Å²) >= 11 is 0. The van der Waals surface area contributed by atoms with Crippen molar-refractivity contribution in [2.75, 3.05) is 13.7 Å². The Bertz CT molecular complexity index is 537. The van der Waals surface area contributed by atoms with Gasteiger partial charge in [0.2, 0.25) is 10.0 Å². The maximum Gasteiger partial charge on any atom is 0.337 e. The second kappa shape index (κ2) is 5.97. The number of rotatable bonds is 5. The van der Waals surface area contributed by atoms with Gasteiger partial charge in [0.05, 0.1) is 17.6 Å². The number of nitrogens with one attached hydrogen (secondary N) is 1. The van der Waals surface area contributed by atoms with Crippen molar-refractivity contribution in [2.24, 2.45) is 0 Å². The summed E-state index contributed by atoms with van der Waals surface area (Å²) in [6, 6.07) is 4.46. The SMILES string of the molecule is CCCNS(=O)(=O)c1cc(C(=O)OC)ccc1C. The highest BCUT2D eigenvalue weighted by Crippen LogP contribution is 2.17. The molecule has 0 aliphatic heterocycles. The van der Waals surface area contributed by atoms with Crippen molar-refractivity contribution in [3.8, 4) is 0 Å². The molecule has 0 radical (unpaired) electrons. The molecule has 0 saturated heterocycles. The number of aryl methyl sites for hydroxylation is 1. The molecule has 0 fully saturated rings. The molecule has 1 aromatic carbocycles. The molecule has 0 unspecified atom stereocenters. The fourth-order valence-corrected chi connectivity index (χ4v) is 2.85. The van der Waals surface area contributed by atoms with Gasteiger partial charge in [0, 0.05) is 6.54 Å². The van der Waals surface area contributed by atoms with Crippen LogP contribution in [-0.4, -0.2) is 28.0 Å². The first kappa shape index (κ1) is 14.7. The Morgan fingerprint density at radius 1 is 1.39 bits per heavy atom. The molecule has 6 heteroatoms. The summed E-state index contributed by atoms with van der Waals surface area (Å²) in [5.41, 5.74) is 0.811. The number of carbonyl (C=O) groups is 1. The lowest BCUT2D eigenvalue weighted by Gasteiger charge is -2.10. The van der Waals surface area contributed by atoms with Crippen molar-refractivity contribution in [2.45, 2.75) is 25.2 Å². The summed E-state index contributed by atoms with van der Waals surface area (Å²) in [7, 11) is -2.32. The molecule has 5 nitrogen and oxygen atoms in total. The van der Waals surface area contributed by atoms with Crippen molar-refractivity contribution in [3.05, 3.63) is 29.3 Å². The van der Waals surface area contributed by atoms with Crippen molar-refractivity contribution in [1.82, 2.24) is 4.72 Å². The monoisotopic (exact) mass is 271 g/mol. The van der Waals surface area contributed by atoms with Crippen molar-refractivity contribution in [3.63, 3.8) is 0 Å². The van der Waals surface area contributed by atoms with E-state index in [0.29, 0.717) is 18.5 Å². The highest BCUT2D eigenvalue weighted by molar-refractivity contribution is 7.89. The van der Waals surface area contributed by atoms with Crippen LogP contribution in [0.1, 0.15) is 29.3 Å². The van der Waals surface area contributed by atoms with E-state index in [0.717, 1.165) is 0 Å². The Labute approximate surface area is 107 Å². The third kappa shape index (κ3) is 3.30. The first-order valence-corrected chi connectivity index (χ1v) is 7.09. The van der Waals surface area contributed by atoms with E-state index in [1.807, 2.05) is 6.92 Å². The summed E-state index contributed by atoms with van der Waals surface area (Å²) in [5.74, 6) is -0.554. The summed E-state index contributed by atoms with van der Waals surface area (Å²) < 4.78 is 31.1. The van der Waals surface area contributed by atoms with Crippen LogP contribution in [-0.2, 0) is 14.8 Å². The zero-order valence-electron chi connectivity index (χ0n) is 10.7. The molecule has 1 aromatic rings. The molecule has 0 spiro atoms. The number of carbonyl (C=O) groups excluding carboxylic acids is 1. The predicted molar refractivity (Wildman–Crippen MR) is 68.0 cm³/mol. The van der Waals surface area contributed by atoms with Crippen LogP contribution in [0.15, 0.2) is 23.1 Å². The zero-order valence-corrected chi connectivity index (χ0v) is 11.5. The maximum atomic E-state index is 12.0. The highest BCUT2D eigenvalue weighted by Gasteiger charge is 2.18. The van der Waals surface area contributed by atoms with Gasteiger partial charge in [0.15, 0.2) is 0 Å². The number of esters is 1. The van der Waals surface area contributed by atoms with Gasteiger partial charge in [-0.15, -0.1) is 0 Å². The lowest BCUT2D eigenvalue weighted by Crippen LogP contribution is -2.25. The van der Waals surface area contributed by atoms with Crippen LogP contribution < -0.4 is 4.72 Å². The van der Waals surface area contributed by atoms with Gasteiger partial charge in [-0.1, -0.05) is 13.0 Å². The molecule has 0 saturated carbocycles. The third-order valence-electron chi connectivity index (χ3n) is 2.44. The van der Waals surface area contributed by atoms with Crippen molar-refractivity contribution >= 4 is 16.0 Å². The standard InChI is InChI=1S/C12H17NO4S/c1-4-7-13-18(15,16)11-8-10(12(14)17-3)6-5-9(11)2/h5-6,8,13H,4,7H2,1-3H3. The highest BCUT2D eigenvalue weighted by atomic mass is 32.2. The fraction of sp³-hybridized carbons (Fsp3) is 0.417. The lowest BCUT2D eigenvalue weighted by molar-refractivity contribution is 0.0600. The molecule has 1 N–H and O–H groups in total. The van der Waals surface area contributed by atoms with Crippen LogP contribution in [0.3, 0.4) is 0 Å². The molecule has 0 bridgehead atoms. The maximum absolute atomic E-state index is 12.0. The fourth-order valence-electron chi connectivity index (χ4n) is 1.45. The van der Waals surface area contributed by atoms with Gasteiger partial charge in [-0.2, -0.15) is 0 Å². The van der Waals surface area contributed by atoms with Crippen LogP contribution in [0.25, 0.3) is 0 Å². The minimum Gasteiger partial charge on any atom is -0.465 e. The van der Waals surface area contributed by atoms with Crippen LogP contribution >= 0.6 is 0 Å². The quantitative estimate of drug-likeness (QED) is 0.823. The molecule has 0 aliphatic carbocycles. The van der Waals surface area contributed by atoms with Gasteiger partial charge in [0.1, 0.15) is 0 Å². The Balaban J connectivity index is 3.19. The Hall–Kier alpha value is -1.40. The average Bonchev–Trinajstić information content (AvgIpc) is 2.35. The van der Waals surface area contributed by atoms with E-state index in [9.17, 15) is 13.2 Å². The largest absolute Gasteiger partial charge is 0.465 e. The first-order valence-electron chi connectivity index (χ1n) is 5.61. The number of benzene rings is 1. The Kier molecular flexibility index (Phi) is 4.86. The molecule has 0 amide bonds. The molecule has 100 valence electrons. The zero-order chi connectivity index (χ0) is 13.8. The second-order valence-electron chi connectivity index (χ2n) is 3.87. The molecule has 0 aliphatic rings. The second-order valence-corrected chi connectivity index (χ2v) is 5.61. The normalized spacial score (nSPS) is 11.3. The van der Waals surface area contributed by atoms with Crippen LogP contribution in [0.4, 0.5) is 0 Å². The number of sulfonamides is 1. The predicted octanol–water partition coefficient (Wildman–Crippen LogP) is 1.47. The summed E-state index contributed by atoms with van der Waals surface area (Å²) in [6.45, 7) is 3.92. The van der Waals surface area contributed by atoms with E-state index in [1.165, 1.54) is 13.2 Å². The molecule has 0 aromatic heterocycles. The Morgan fingerprint density at radius 2 is 2.06 bits per heavy atom.